The summed E-state index contributed by atoms with van der Waals surface area (Å²) in [7, 11) is 0. The summed E-state index contributed by atoms with van der Waals surface area (Å²) in [5.41, 5.74) is 4.26. The van der Waals surface area contributed by atoms with Gasteiger partial charge in [0.25, 0.3) is 5.56 Å². The first-order valence-corrected chi connectivity index (χ1v) is 9.28. The van der Waals surface area contributed by atoms with E-state index < -0.39 is 0 Å². The van der Waals surface area contributed by atoms with Crippen LogP contribution in [0.15, 0.2) is 71.7 Å². The third kappa shape index (κ3) is 2.70. The molecule has 0 aliphatic heterocycles. The Morgan fingerprint density at radius 3 is 2.45 bits per heavy atom. The molecule has 0 saturated heterocycles. The monoisotopic (exact) mass is 385 g/mol. The number of benzene rings is 2. The van der Waals surface area contributed by atoms with Crippen molar-refractivity contribution < 1.29 is 4.39 Å². The zero-order valence-corrected chi connectivity index (χ0v) is 15.6. The van der Waals surface area contributed by atoms with Gasteiger partial charge < -0.3 is 0 Å². The number of rotatable bonds is 3. The Balaban J connectivity index is 1.79. The van der Waals surface area contributed by atoms with Crippen LogP contribution in [-0.4, -0.2) is 24.4 Å². The molecule has 0 saturated carbocycles. The number of pyridine rings is 1. The van der Waals surface area contributed by atoms with Gasteiger partial charge in [-0.3, -0.25) is 9.36 Å². The van der Waals surface area contributed by atoms with Gasteiger partial charge in [0.15, 0.2) is 11.2 Å². The molecule has 6 nitrogen and oxygen atoms in total. The summed E-state index contributed by atoms with van der Waals surface area (Å²) in [6.07, 6.45) is 2.38. The Morgan fingerprint density at radius 1 is 0.966 bits per heavy atom. The molecule has 0 bridgehead atoms. The predicted molar refractivity (Wildman–Crippen MR) is 109 cm³/mol. The van der Waals surface area contributed by atoms with Crippen molar-refractivity contribution in [3.63, 3.8) is 0 Å². The lowest BCUT2D eigenvalue weighted by molar-refractivity contribution is 0.628. The van der Waals surface area contributed by atoms with E-state index in [2.05, 4.69) is 15.3 Å². The molecule has 0 aliphatic rings. The Hall–Kier alpha value is -3.87. The number of aromatic nitrogens is 5. The van der Waals surface area contributed by atoms with E-state index in [1.54, 1.807) is 22.8 Å². The van der Waals surface area contributed by atoms with E-state index in [-0.39, 0.29) is 16.9 Å². The fourth-order valence-corrected chi connectivity index (χ4v) is 3.54. The van der Waals surface area contributed by atoms with Crippen molar-refractivity contribution in [2.24, 2.45) is 0 Å². The number of halogens is 1. The van der Waals surface area contributed by atoms with Gasteiger partial charge in [-0.1, -0.05) is 37.3 Å². The average molecular weight is 385 g/mol. The summed E-state index contributed by atoms with van der Waals surface area (Å²) in [6, 6.07) is 17.4. The van der Waals surface area contributed by atoms with E-state index in [4.69, 9.17) is 0 Å². The van der Waals surface area contributed by atoms with Crippen LogP contribution in [0.1, 0.15) is 12.6 Å². The molecule has 3 heterocycles. The average Bonchev–Trinajstić information content (AvgIpc) is 3.14. The van der Waals surface area contributed by atoms with Crippen molar-refractivity contribution in [1.29, 1.82) is 0 Å². The molecule has 0 fully saturated rings. The molecule has 0 N–H and O–H groups in total. The second kappa shape index (κ2) is 6.63. The highest BCUT2D eigenvalue weighted by Gasteiger charge is 2.19. The minimum atomic E-state index is -0.304. The molecule has 5 rings (SSSR count). The number of fused-ring (bicyclic) bond motifs is 3. The largest absolute Gasteiger partial charge is 0.285 e. The quantitative estimate of drug-likeness (QED) is 0.474. The SMILES string of the molecule is CCc1nn2c(nnc3c(=O)n(-c4ccccc4)ccc32)c1-c1ccc(F)cc1. The first-order valence-electron chi connectivity index (χ1n) is 9.28. The van der Waals surface area contributed by atoms with E-state index in [0.717, 1.165) is 22.5 Å². The molecule has 0 amide bonds. The smallest absolute Gasteiger partial charge is 0.282 e. The maximum Gasteiger partial charge on any atom is 0.285 e. The second-order valence-corrected chi connectivity index (χ2v) is 6.68. The van der Waals surface area contributed by atoms with Crippen molar-refractivity contribution in [3.05, 3.63) is 88.7 Å². The van der Waals surface area contributed by atoms with E-state index in [1.165, 1.54) is 16.7 Å². The van der Waals surface area contributed by atoms with Crippen LogP contribution in [0.25, 0.3) is 33.5 Å². The lowest BCUT2D eigenvalue weighted by Crippen LogP contribution is -2.20. The third-order valence-electron chi connectivity index (χ3n) is 4.95. The van der Waals surface area contributed by atoms with Crippen LogP contribution in [-0.2, 0) is 6.42 Å². The van der Waals surface area contributed by atoms with Crippen molar-refractivity contribution in [1.82, 2.24) is 24.4 Å². The Morgan fingerprint density at radius 2 is 1.72 bits per heavy atom. The standard InChI is InChI=1S/C22H16FN5O/c1-2-17-19(14-8-10-15(23)11-9-14)21-25-24-20-18(28(21)26-17)12-13-27(22(20)29)16-6-4-3-5-7-16/h3-13H,2H2,1H3. The Labute approximate surface area is 164 Å². The first kappa shape index (κ1) is 17.2. The molecule has 0 aliphatic carbocycles. The van der Waals surface area contributed by atoms with Crippen molar-refractivity contribution in [2.75, 3.05) is 0 Å². The first-order chi connectivity index (χ1) is 14.2. The maximum atomic E-state index is 13.4. The van der Waals surface area contributed by atoms with Crippen molar-refractivity contribution in [3.8, 4) is 16.8 Å². The zero-order chi connectivity index (χ0) is 20.0. The van der Waals surface area contributed by atoms with Gasteiger partial charge in [-0.05, 0) is 42.3 Å². The molecular formula is C22H16FN5O. The van der Waals surface area contributed by atoms with Crippen LogP contribution in [0.5, 0.6) is 0 Å². The minimum Gasteiger partial charge on any atom is -0.282 e. The normalized spacial score (nSPS) is 11.4. The number of hydrogen-bond donors (Lipinski definition) is 0. The number of nitrogens with zero attached hydrogens (tertiary/aromatic N) is 5. The van der Waals surface area contributed by atoms with Gasteiger partial charge in [-0.15, -0.1) is 10.2 Å². The zero-order valence-electron chi connectivity index (χ0n) is 15.6. The van der Waals surface area contributed by atoms with Crippen LogP contribution >= 0.6 is 0 Å². The highest BCUT2D eigenvalue weighted by atomic mass is 19.1. The van der Waals surface area contributed by atoms with Crippen LogP contribution < -0.4 is 5.56 Å². The van der Waals surface area contributed by atoms with Gasteiger partial charge in [0, 0.05) is 11.9 Å². The summed E-state index contributed by atoms with van der Waals surface area (Å²) in [6.45, 7) is 1.99. The van der Waals surface area contributed by atoms with Crippen LogP contribution in [0.3, 0.4) is 0 Å². The molecule has 142 valence electrons. The van der Waals surface area contributed by atoms with E-state index in [0.29, 0.717) is 17.6 Å². The van der Waals surface area contributed by atoms with Gasteiger partial charge >= 0.3 is 0 Å². The van der Waals surface area contributed by atoms with Gasteiger partial charge in [0.2, 0.25) is 0 Å². The number of hydrogen-bond acceptors (Lipinski definition) is 4. The summed E-state index contributed by atoms with van der Waals surface area (Å²) < 4.78 is 16.6. The summed E-state index contributed by atoms with van der Waals surface area (Å²) in [5.74, 6) is -0.304. The molecule has 5 aromatic rings. The van der Waals surface area contributed by atoms with Gasteiger partial charge in [-0.25, -0.2) is 8.91 Å². The van der Waals surface area contributed by atoms with Crippen LogP contribution in [0.2, 0.25) is 0 Å². The predicted octanol–water partition coefficient (Wildman–Crippen LogP) is 3.80. The molecule has 0 spiro atoms. The molecule has 0 unspecified atom stereocenters. The Bertz CT molecular complexity index is 1410. The van der Waals surface area contributed by atoms with Crippen molar-refractivity contribution >= 4 is 16.7 Å². The highest BCUT2D eigenvalue weighted by Crippen LogP contribution is 2.29. The molecule has 2 aromatic carbocycles. The van der Waals surface area contributed by atoms with Crippen LogP contribution in [0.4, 0.5) is 4.39 Å². The molecule has 29 heavy (non-hydrogen) atoms. The summed E-state index contributed by atoms with van der Waals surface area (Å²) >= 11 is 0. The molecular weight excluding hydrogens is 369 g/mol. The van der Waals surface area contributed by atoms with Gasteiger partial charge in [0.1, 0.15) is 11.3 Å². The fourth-order valence-electron chi connectivity index (χ4n) is 3.54. The molecule has 7 heteroatoms. The lowest BCUT2D eigenvalue weighted by atomic mass is 10.0. The summed E-state index contributed by atoms with van der Waals surface area (Å²) in [4.78, 5) is 13.0. The summed E-state index contributed by atoms with van der Waals surface area (Å²) in [5, 5.41) is 13.2. The fraction of sp³-hybridized carbons (Fsp3) is 0.0909. The second-order valence-electron chi connectivity index (χ2n) is 6.68. The van der Waals surface area contributed by atoms with E-state index >= 15 is 0 Å². The molecule has 0 radical (unpaired) electrons. The van der Waals surface area contributed by atoms with Gasteiger partial charge in [0.05, 0.1) is 11.3 Å². The maximum absolute atomic E-state index is 13.4. The van der Waals surface area contributed by atoms with Gasteiger partial charge in [-0.2, -0.15) is 5.10 Å². The third-order valence-corrected chi connectivity index (χ3v) is 4.95. The topological polar surface area (TPSA) is 65.1 Å². The lowest BCUT2D eigenvalue weighted by Gasteiger charge is -2.07. The molecule has 0 atom stereocenters. The Kier molecular flexibility index (Phi) is 3.94. The van der Waals surface area contributed by atoms with Crippen molar-refractivity contribution in [2.45, 2.75) is 13.3 Å². The highest BCUT2D eigenvalue weighted by molar-refractivity contribution is 5.84. The minimum absolute atomic E-state index is 0.236. The van der Waals surface area contributed by atoms with E-state index in [9.17, 15) is 9.18 Å². The number of aryl methyl sites for hydroxylation is 1. The molecule has 3 aromatic heterocycles. The van der Waals surface area contributed by atoms with E-state index in [1.807, 2.05) is 43.3 Å². The van der Waals surface area contributed by atoms with Crippen LogP contribution in [0, 0.1) is 5.82 Å². The number of para-hydroxylation sites is 1.